The van der Waals surface area contributed by atoms with Gasteiger partial charge in [-0.1, -0.05) is 18.2 Å². The van der Waals surface area contributed by atoms with Gasteiger partial charge in [-0.15, -0.1) is 0 Å². The van der Waals surface area contributed by atoms with Gasteiger partial charge in [0.15, 0.2) is 3.61 Å². The third kappa shape index (κ3) is 2.05. The van der Waals surface area contributed by atoms with Crippen LogP contribution in [0, 0.1) is 0 Å². The van der Waals surface area contributed by atoms with Crippen LogP contribution in [0.15, 0.2) is 30.3 Å². The molecule has 0 spiro atoms. The molecule has 0 bridgehead atoms. The number of nitrogen functional groups attached to an aromatic ring is 1. The lowest BCUT2D eigenvalue weighted by atomic mass is 10.1. The van der Waals surface area contributed by atoms with E-state index < -0.39 is 3.61 Å². The molecule has 3 nitrogen and oxygen atoms in total. The van der Waals surface area contributed by atoms with E-state index in [0.29, 0.717) is 11.4 Å². The first kappa shape index (κ1) is 10.6. The Bertz CT molecular complexity index is 505. The second-order valence-corrected chi connectivity index (χ2v) is 5.67. The Morgan fingerprint density at radius 2 is 2.07 bits per heavy atom. The van der Waals surface area contributed by atoms with Crippen LogP contribution < -0.4 is 5.73 Å². The number of rotatable bonds is 1. The molecule has 1 aromatic carbocycles. The number of alkyl halides is 1. The van der Waals surface area contributed by atoms with Gasteiger partial charge in [0.05, 0.1) is 11.2 Å². The Morgan fingerprint density at radius 1 is 1.40 bits per heavy atom. The SMILES string of the molecule is CC(O)(I)c1nc2ccccc2cc1N. The molecule has 1 aromatic heterocycles. The molecule has 0 aliphatic carbocycles. The average molecular weight is 314 g/mol. The number of pyridine rings is 1. The van der Waals surface area contributed by atoms with E-state index in [2.05, 4.69) is 4.98 Å². The normalized spacial score (nSPS) is 15.1. The highest BCUT2D eigenvalue weighted by Crippen LogP contribution is 2.32. The Balaban J connectivity index is 2.73. The summed E-state index contributed by atoms with van der Waals surface area (Å²) in [4.78, 5) is 4.36. The van der Waals surface area contributed by atoms with E-state index in [1.165, 1.54) is 0 Å². The molecule has 1 unspecified atom stereocenters. The van der Waals surface area contributed by atoms with Crippen molar-refractivity contribution in [3.8, 4) is 0 Å². The van der Waals surface area contributed by atoms with E-state index in [1.54, 1.807) is 6.92 Å². The highest BCUT2D eigenvalue weighted by molar-refractivity contribution is 14.1. The lowest BCUT2D eigenvalue weighted by Gasteiger charge is -2.17. The molecule has 2 rings (SSSR count). The zero-order valence-corrected chi connectivity index (χ0v) is 10.4. The molecule has 3 N–H and O–H groups in total. The van der Waals surface area contributed by atoms with E-state index in [9.17, 15) is 5.11 Å². The van der Waals surface area contributed by atoms with Crippen molar-refractivity contribution < 1.29 is 5.11 Å². The predicted molar refractivity (Wildman–Crippen MR) is 69.7 cm³/mol. The van der Waals surface area contributed by atoms with Gasteiger partial charge in [-0.3, -0.25) is 0 Å². The van der Waals surface area contributed by atoms with Gasteiger partial charge in [-0.05, 0) is 41.6 Å². The first-order valence-corrected chi connectivity index (χ1v) is 5.63. The minimum atomic E-state index is -1.04. The van der Waals surface area contributed by atoms with E-state index >= 15 is 0 Å². The summed E-state index contributed by atoms with van der Waals surface area (Å²) in [5, 5.41) is 10.9. The van der Waals surface area contributed by atoms with Gasteiger partial charge >= 0.3 is 0 Å². The Kier molecular flexibility index (Phi) is 2.56. The summed E-state index contributed by atoms with van der Waals surface area (Å²) in [6.45, 7) is 1.67. The summed E-state index contributed by atoms with van der Waals surface area (Å²) in [6.07, 6.45) is 0. The number of hydrogen-bond donors (Lipinski definition) is 2. The van der Waals surface area contributed by atoms with Gasteiger partial charge in [-0.2, -0.15) is 0 Å². The van der Waals surface area contributed by atoms with E-state index in [1.807, 2.05) is 52.9 Å². The zero-order chi connectivity index (χ0) is 11.1. The predicted octanol–water partition coefficient (Wildman–Crippen LogP) is 2.42. The van der Waals surface area contributed by atoms with Crippen molar-refractivity contribution in [2.75, 3.05) is 5.73 Å². The summed E-state index contributed by atoms with van der Waals surface area (Å²) in [7, 11) is 0. The second kappa shape index (κ2) is 3.61. The molecular weight excluding hydrogens is 303 g/mol. The maximum absolute atomic E-state index is 9.87. The Morgan fingerprint density at radius 3 is 2.73 bits per heavy atom. The summed E-state index contributed by atoms with van der Waals surface area (Å²) < 4.78 is -1.04. The summed E-state index contributed by atoms with van der Waals surface area (Å²) >= 11 is 1.91. The van der Waals surface area contributed by atoms with Crippen LogP contribution in [0.1, 0.15) is 12.6 Å². The van der Waals surface area contributed by atoms with Crippen molar-refractivity contribution in [3.63, 3.8) is 0 Å². The average Bonchev–Trinajstić information content (AvgIpc) is 2.15. The van der Waals surface area contributed by atoms with Gasteiger partial charge in [0.1, 0.15) is 5.69 Å². The zero-order valence-electron chi connectivity index (χ0n) is 8.24. The molecule has 0 fully saturated rings. The third-order valence-electron chi connectivity index (χ3n) is 2.19. The molecule has 0 saturated heterocycles. The number of hydrogen-bond acceptors (Lipinski definition) is 3. The monoisotopic (exact) mass is 314 g/mol. The quantitative estimate of drug-likeness (QED) is 0.628. The van der Waals surface area contributed by atoms with Crippen LogP contribution in [0.3, 0.4) is 0 Å². The van der Waals surface area contributed by atoms with Crippen LogP contribution in [-0.4, -0.2) is 10.1 Å². The van der Waals surface area contributed by atoms with Gasteiger partial charge in [0.25, 0.3) is 0 Å². The number of nitrogens with two attached hydrogens (primary N) is 1. The lowest BCUT2D eigenvalue weighted by Crippen LogP contribution is -2.16. The van der Waals surface area contributed by atoms with Crippen molar-refractivity contribution in [1.29, 1.82) is 0 Å². The highest BCUT2D eigenvalue weighted by atomic mass is 127. The van der Waals surface area contributed by atoms with E-state index in [4.69, 9.17) is 5.73 Å². The molecule has 15 heavy (non-hydrogen) atoms. The van der Waals surface area contributed by atoms with Crippen LogP contribution in [0.25, 0.3) is 10.9 Å². The fraction of sp³-hybridized carbons (Fsp3) is 0.182. The molecule has 0 saturated carbocycles. The van der Waals surface area contributed by atoms with Crippen molar-refractivity contribution in [2.45, 2.75) is 10.5 Å². The largest absolute Gasteiger partial charge is 0.397 e. The highest BCUT2D eigenvalue weighted by Gasteiger charge is 2.23. The third-order valence-corrected chi connectivity index (χ3v) is 2.70. The fourth-order valence-electron chi connectivity index (χ4n) is 1.50. The van der Waals surface area contributed by atoms with Crippen molar-refractivity contribution >= 4 is 39.2 Å². The van der Waals surface area contributed by atoms with E-state index in [-0.39, 0.29) is 0 Å². The summed E-state index contributed by atoms with van der Waals surface area (Å²) in [5.74, 6) is 0. The number of anilines is 1. The maximum atomic E-state index is 9.87. The van der Waals surface area contributed by atoms with Crippen LogP contribution >= 0.6 is 22.6 Å². The van der Waals surface area contributed by atoms with Gasteiger partial charge in [0.2, 0.25) is 0 Å². The van der Waals surface area contributed by atoms with Crippen molar-refractivity contribution in [1.82, 2.24) is 4.98 Å². The topological polar surface area (TPSA) is 59.1 Å². The number of benzene rings is 1. The molecule has 2 aromatic rings. The Labute approximate surface area is 101 Å². The molecule has 1 heterocycles. The van der Waals surface area contributed by atoms with Crippen LogP contribution in [-0.2, 0) is 3.61 Å². The summed E-state index contributed by atoms with van der Waals surface area (Å²) in [5.41, 5.74) is 7.73. The molecule has 0 aliphatic heterocycles. The van der Waals surface area contributed by atoms with Crippen molar-refractivity contribution in [2.24, 2.45) is 0 Å². The van der Waals surface area contributed by atoms with E-state index in [0.717, 1.165) is 10.9 Å². The maximum Gasteiger partial charge on any atom is 0.157 e. The fourth-order valence-corrected chi connectivity index (χ4v) is 1.93. The van der Waals surface area contributed by atoms with Crippen LogP contribution in [0.4, 0.5) is 5.69 Å². The molecule has 1 atom stereocenters. The molecule has 0 amide bonds. The number of fused-ring (bicyclic) bond motifs is 1. The molecule has 0 radical (unpaired) electrons. The minimum Gasteiger partial charge on any atom is -0.397 e. The summed E-state index contributed by atoms with van der Waals surface area (Å²) in [6, 6.07) is 9.54. The van der Waals surface area contributed by atoms with Crippen molar-refractivity contribution in [3.05, 3.63) is 36.0 Å². The van der Waals surface area contributed by atoms with Crippen LogP contribution in [0.2, 0.25) is 0 Å². The Hall–Kier alpha value is -0.880. The number of halogens is 1. The van der Waals surface area contributed by atoms with Gasteiger partial charge < -0.3 is 10.8 Å². The molecule has 4 heteroatoms. The lowest BCUT2D eigenvalue weighted by molar-refractivity contribution is 0.175. The van der Waals surface area contributed by atoms with Gasteiger partial charge in [0, 0.05) is 5.39 Å². The second-order valence-electron chi connectivity index (χ2n) is 3.57. The standard InChI is InChI=1S/C11H11IN2O/c1-11(12,15)10-8(13)6-7-4-2-3-5-9(7)14-10/h2-6,15H,13H2,1H3. The number of aliphatic hydroxyl groups is 1. The van der Waals surface area contributed by atoms with Gasteiger partial charge in [-0.25, -0.2) is 4.98 Å². The molecule has 0 aliphatic rings. The first-order valence-electron chi connectivity index (χ1n) is 4.55. The first-order chi connectivity index (χ1) is 6.98. The number of aromatic nitrogens is 1. The van der Waals surface area contributed by atoms with Crippen LogP contribution in [0.5, 0.6) is 0 Å². The number of para-hydroxylation sites is 1. The number of nitrogens with zero attached hydrogens (tertiary/aromatic N) is 1. The smallest absolute Gasteiger partial charge is 0.157 e. The molecular formula is C11H11IN2O. The molecule has 78 valence electrons. The minimum absolute atomic E-state index is 0.516.